The van der Waals surface area contributed by atoms with Crippen molar-refractivity contribution in [2.24, 2.45) is 0 Å². The first-order chi connectivity index (χ1) is 15.0. The standard InChI is InChI=1S/C22H24N4O4S/c1-17-15-18(25-22(24-17)26-11-13-29-14-12-26)16-23-31(27,28)21-9-7-20(8-10-21)30-19-5-3-2-4-6-19/h2-10,15,23H,11-14,16H2,1H3. The number of morpholine rings is 1. The van der Waals surface area contributed by atoms with Crippen LogP contribution in [0.25, 0.3) is 0 Å². The average molecular weight is 441 g/mol. The summed E-state index contributed by atoms with van der Waals surface area (Å²) in [6.45, 7) is 4.63. The van der Waals surface area contributed by atoms with Crippen molar-refractivity contribution < 1.29 is 17.9 Å². The zero-order chi connectivity index (χ0) is 21.7. The molecule has 1 aromatic heterocycles. The van der Waals surface area contributed by atoms with Crippen LogP contribution >= 0.6 is 0 Å². The van der Waals surface area contributed by atoms with Gasteiger partial charge in [0.25, 0.3) is 0 Å². The molecule has 9 heteroatoms. The first-order valence-corrected chi connectivity index (χ1v) is 11.5. The second-order valence-electron chi connectivity index (χ2n) is 7.11. The Morgan fingerprint density at radius 1 is 1.00 bits per heavy atom. The molecule has 3 aromatic rings. The highest BCUT2D eigenvalue weighted by molar-refractivity contribution is 7.89. The number of sulfonamides is 1. The van der Waals surface area contributed by atoms with Gasteiger partial charge in [0.1, 0.15) is 11.5 Å². The lowest BCUT2D eigenvalue weighted by molar-refractivity contribution is 0.122. The van der Waals surface area contributed by atoms with E-state index in [1.54, 1.807) is 18.2 Å². The SMILES string of the molecule is Cc1cc(CNS(=O)(=O)c2ccc(Oc3ccccc3)cc2)nc(N2CCOCC2)n1. The van der Waals surface area contributed by atoms with Gasteiger partial charge in [-0.05, 0) is 49.4 Å². The molecule has 1 N–H and O–H groups in total. The molecule has 0 unspecified atom stereocenters. The first-order valence-electron chi connectivity index (χ1n) is 9.99. The molecule has 0 aliphatic carbocycles. The molecular weight excluding hydrogens is 416 g/mol. The summed E-state index contributed by atoms with van der Waals surface area (Å²) in [4.78, 5) is 11.2. The Balaban J connectivity index is 1.42. The van der Waals surface area contributed by atoms with Gasteiger partial charge < -0.3 is 14.4 Å². The van der Waals surface area contributed by atoms with E-state index < -0.39 is 10.0 Å². The molecule has 0 radical (unpaired) electrons. The van der Waals surface area contributed by atoms with Crippen LogP contribution in [0.2, 0.25) is 0 Å². The summed E-state index contributed by atoms with van der Waals surface area (Å²) in [6.07, 6.45) is 0. The molecule has 1 aliphatic heterocycles. The van der Waals surface area contributed by atoms with Crippen molar-refractivity contribution in [2.45, 2.75) is 18.4 Å². The zero-order valence-corrected chi connectivity index (χ0v) is 18.0. The fraction of sp³-hybridized carbons (Fsp3) is 0.273. The number of hydrogen-bond donors (Lipinski definition) is 1. The molecule has 2 aromatic carbocycles. The summed E-state index contributed by atoms with van der Waals surface area (Å²) in [7, 11) is -3.70. The topological polar surface area (TPSA) is 93.7 Å². The number of rotatable bonds is 7. The average Bonchev–Trinajstić information content (AvgIpc) is 2.79. The fourth-order valence-electron chi connectivity index (χ4n) is 3.18. The minimum absolute atomic E-state index is 0.0747. The van der Waals surface area contributed by atoms with E-state index in [0.717, 1.165) is 5.69 Å². The van der Waals surface area contributed by atoms with Crippen LogP contribution in [0, 0.1) is 6.92 Å². The van der Waals surface area contributed by atoms with Crippen molar-refractivity contribution in [3.8, 4) is 11.5 Å². The van der Waals surface area contributed by atoms with Crippen LogP contribution in [-0.2, 0) is 21.3 Å². The minimum Gasteiger partial charge on any atom is -0.457 e. The number of nitrogens with zero attached hydrogens (tertiary/aromatic N) is 3. The zero-order valence-electron chi connectivity index (χ0n) is 17.2. The Labute approximate surface area is 181 Å². The Morgan fingerprint density at radius 3 is 2.39 bits per heavy atom. The molecule has 1 fully saturated rings. The Morgan fingerprint density at radius 2 is 1.68 bits per heavy atom. The molecular formula is C22H24N4O4S. The molecule has 0 spiro atoms. The maximum Gasteiger partial charge on any atom is 0.240 e. The number of ether oxygens (including phenoxy) is 2. The predicted molar refractivity (Wildman–Crippen MR) is 117 cm³/mol. The van der Waals surface area contributed by atoms with E-state index >= 15 is 0 Å². The van der Waals surface area contributed by atoms with Crippen LogP contribution < -0.4 is 14.4 Å². The lowest BCUT2D eigenvalue weighted by atomic mass is 10.3. The molecule has 0 amide bonds. The predicted octanol–water partition coefficient (Wildman–Crippen LogP) is 2.89. The summed E-state index contributed by atoms with van der Waals surface area (Å²) in [5.74, 6) is 1.85. The van der Waals surface area contributed by atoms with Crippen LogP contribution in [0.4, 0.5) is 5.95 Å². The molecule has 2 heterocycles. The summed E-state index contributed by atoms with van der Waals surface area (Å²) in [6, 6.07) is 17.4. The van der Waals surface area contributed by atoms with Crippen molar-refractivity contribution >= 4 is 16.0 Å². The maximum absolute atomic E-state index is 12.7. The molecule has 31 heavy (non-hydrogen) atoms. The summed E-state index contributed by atoms with van der Waals surface area (Å²) in [5.41, 5.74) is 1.40. The van der Waals surface area contributed by atoms with Gasteiger partial charge in [-0.25, -0.2) is 23.1 Å². The fourth-order valence-corrected chi connectivity index (χ4v) is 4.17. The van der Waals surface area contributed by atoms with E-state index in [1.165, 1.54) is 12.1 Å². The van der Waals surface area contributed by atoms with Gasteiger partial charge in [0.15, 0.2) is 0 Å². The summed E-state index contributed by atoms with van der Waals surface area (Å²) in [5, 5.41) is 0. The Bertz CT molecular complexity index is 1120. The largest absolute Gasteiger partial charge is 0.457 e. The van der Waals surface area contributed by atoms with Gasteiger partial charge in [-0.15, -0.1) is 0 Å². The second kappa shape index (κ2) is 9.42. The van der Waals surface area contributed by atoms with Gasteiger partial charge in [-0.1, -0.05) is 18.2 Å². The summed E-state index contributed by atoms with van der Waals surface area (Å²) >= 11 is 0. The highest BCUT2D eigenvalue weighted by Crippen LogP contribution is 2.22. The highest BCUT2D eigenvalue weighted by atomic mass is 32.2. The minimum atomic E-state index is -3.70. The number of benzene rings is 2. The third-order valence-corrected chi connectivity index (χ3v) is 6.16. The maximum atomic E-state index is 12.7. The van der Waals surface area contributed by atoms with E-state index in [4.69, 9.17) is 9.47 Å². The van der Waals surface area contributed by atoms with E-state index in [0.29, 0.717) is 49.4 Å². The number of para-hydroxylation sites is 1. The van der Waals surface area contributed by atoms with Crippen LogP contribution in [0.3, 0.4) is 0 Å². The van der Waals surface area contributed by atoms with E-state index in [1.807, 2.05) is 42.2 Å². The molecule has 1 aliphatic rings. The van der Waals surface area contributed by atoms with Crippen molar-refractivity contribution in [1.82, 2.24) is 14.7 Å². The number of hydrogen-bond acceptors (Lipinski definition) is 7. The molecule has 162 valence electrons. The molecule has 0 saturated carbocycles. The first kappa shape index (κ1) is 21.2. The molecule has 1 saturated heterocycles. The van der Waals surface area contributed by atoms with Gasteiger partial charge in [0.05, 0.1) is 30.3 Å². The van der Waals surface area contributed by atoms with Crippen molar-refractivity contribution in [2.75, 3.05) is 31.2 Å². The highest BCUT2D eigenvalue weighted by Gasteiger charge is 2.17. The number of aryl methyl sites for hydroxylation is 1. The molecule has 4 rings (SSSR count). The number of aromatic nitrogens is 2. The van der Waals surface area contributed by atoms with Crippen molar-refractivity contribution in [3.05, 3.63) is 72.1 Å². The van der Waals surface area contributed by atoms with Crippen LogP contribution in [0.1, 0.15) is 11.4 Å². The Kier molecular flexibility index (Phi) is 6.45. The van der Waals surface area contributed by atoms with Crippen LogP contribution in [0.15, 0.2) is 65.6 Å². The van der Waals surface area contributed by atoms with E-state index in [2.05, 4.69) is 14.7 Å². The van der Waals surface area contributed by atoms with Gasteiger partial charge in [-0.2, -0.15) is 0 Å². The number of anilines is 1. The third-order valence-electron chi connectivity index (χ3n) is 4.75. The third kappa shape index (κ3) is 5.57. The van der Waals surface area contributed by atoms with Crippen LogP contribution in [-0.4, -0.2) is 44.7 Å². The van der Waals surface area contributed by atoms with Crippen molar-refractivity contribution in [3.63, 3.8) is 0 Å². The number of nitrogens with one attached hydrogen (secondary N) is 1. The molecule has 8 nitrogen and oxygen atoms in total. The summed E-state index contributed by atoms with van der Waals surface area (Å²) < 4.78 is 39.1. The quantitative estimate of drug-likeness (QED) is 0.604. The lowest BCUT2D eigenvalue weighted by Crippen LogP contribution is -2.37. The van der Waals surface area contributed by atoms with Gasteiger partial charge >= 0.3 is 0 Å². The lowest BCUT2D eigenvalue weighted by Gasteiger charge is -2.27. The van der Waals surface area contributed by atoms with Crippen LogP contribution in [0.5, 0.6) is 11.5 Å². The monoisotopic (exact) mass is 440 g/mol. The Hall–Kier alpha value is -3.01. The van der Waals surface area contributed by atoms with Gasteiger partial charge in [0.2, 0.25) is 16.0 Å². The second-order valence-corrected chi connectivity index (χ2v) is 8.88. The van der Waals surface area contributed by atoms with Gasteiger partial charge in [0, 0.05) is 18.8 Å². The van der Waals surface area contributed by atoms with Gasteiger partial charge in [-0.3, -0.25) is 0 Å². The normalized spacial score (nSPS) is 14.4. The molecule has 0 atom stereocenters. The molecule has 0 bridgehead atoms. The van der Waals surface area contributed by atoms with E-state index in [9.17, 15) is 8.42 Å². The van der Waals surface area contributed by atoms with Crippen molar-refractivity contribution in [1.29, 1.82) is 0 Å². The van der Waals surface area contributed by atoms with E-state index in [-0.39, 0.29) is 11.4 Å². The smallest absolute Gasteiger partial charge is 0.240 e.